The molecular weight excluding hydrogens is 192 g/mol. The fraction of sp³-hybridized carbons (Fsp3) is 0.364. The van der Waals surface area contributed by atoms with Gasteiger partial charge in [0.25, 0.3) is 0 Å². The first kappa shape index (κ1) is 9.98. The lowest BCUT2D eigenvalue weighted by atomic mass is 10.2. The van der Waals surface area contributed by atoms with E-state index < -0.39 is 0 Å². The van der Waals surface area contributed by atoms with Crippen molar-refractivity contribution >= 4 is 5.90 Å². The van der Waals surface area contributed by atoms with Gasteiger partial charge in [0.1, 0.15) is 11.9 Å². The van der Waals surface area contributed by atoms with Crippen LogP contribution in [0.3, 0.4) is 0 Å². The zero-order chi connectivity index (χ0) is 10.7. The van der Waals surface area contributed by atoms with Crippen molar-refractivity contribution in [3.05, 3.63) is 29.8 Å². The van der Waals surface area contributed by atoms with E-state index in [4.69, 9.17) is 10.5 Å². The third-order valence-corrected chi connectivity index (χ3v) is 2.34. The van der Waals surface area contributed by atoms with Gasteiger partial charge in [-0.15, -0.1) is 0 Å². The van der Waals surface area contributed by atoms with Gasteiger partial charge in [-0.25, -0.2) is 4.99 Å². The second kappa shape index (κ2) is 4.31. The molecule has 0 fully saturated rings. The number of rotatable bonds is 3. The highest BCUT2D eigenvalue weighted by atomic mass is 16.5. The number of hydrogen-bond acceptors (Lipinski definition) is 4. The maximum Gasteiger partial charge on any atom is 0.220 e. The minimum atomic E-state index is 0.0598. The van der Waals surface area contributed by atoms with Crippen LogP contribution in [0.25, 0.3) is 0 Å². The van der Waals surface area contributed by atoms with Gasteiger partial charge < -0.3 is 15.6 Å². The number of para-hydroxylation sites is 1. The Kier molecular flexibility index (Phi) is 2.87. The number of benzene rings is 1. The van der Waals surface area contributed by atoms with Gasteiger partial charge in [-0.3, -0.25) is 0 Å². The predicted molar refractivity (Wildman–Crippen MR) is 58.1 cm³/mol. The average Bonchev–Trinajstić information content (AvgIpc) is 2.68. The molecule has 15 heavy (non-hydrogen) atoms. The van der Waals surface area contributed by atoms with Crippen molar-refractivity contribution in [1.82, 2.24) is 0 Å². The molecule has 4 nitrogen and oxygen atoms in total. The summed E-state index contributed by atoms with van der Waals surface area (Å²) < 4.78 is 5.58. The summed E-state index contributed by atoms with van der Waals surface area (Å²) in [5.41, 5.74) is 6.09. The normalized spacial score (nSPS) is 19.8. The van der Waals surface area contributed by atoms with Crippen LogP contribution in [0, 0.1) is 0 Å². The van der Waals surface area contributed by atoms with Crippen LogP contribution in [-0.2, 0) is 4.74 Å². The van der Waals surface area contributed by atoms with E-state index in [1.807, 2.05) is 6.07 Å². The molecule has 0 amide bonds. The van der Waals surface area contributed by atoms with E-state index in [0.717, 1.165) is 6.42 Å². The summed E-state index contributed by atoms with van der Waals surface area (Å²) in [5.74, 6) is 0.719. The molecule has 1 aliphatic heterocycles. The first-order valence-corrected chi connectivity index (χ1v) is 5.01. The molecule has 1 aromatic carbocycles. The third kappa shape index (κ3) is 2.10. The molecule has 0 saturated heterocycles. The molecule has 1 unspecified atom stereocenters. The van der Waals surface area contributed by atoms with E-state index in [1.165, 1.54) is 0 Å². The number of aromatic hydroxyl groups is 1. The smallest absolute Gasteiger partial charge is 0.220 e. The molecule has 0 spiro atoms. The van der Waals surface area contributed by atoms with E-state index in [0.29, 0.717) is 24.6 Å². The molecule has 0 aromatic heterocycles. The average molecular weight is 206 g/mol. The van der Waals surface area contributed by atoms with Gasteiger partial charge in [0, 0.05) is 0 Å². The summed E-state index contributed by atoms with van der Waals surface area (Å²) in [6.07, 6.45) is 0.852. The standard InChI is InChI=1S/C11H14N2O2/c12-6-5-8-7-13-11(15-8)9-3-1-2-4-10(9)14/h1-4,8,14H,5-7,12H2. The molecule has 3 N–H and O–H groups in total. The summed E-state index contributed by atoms with van der Waals surface area (Å²) in [6.45, 7) is 1.22. The van der Waals surface area contributed by atoms with Crippen molar-refractivity contribution in [3.8, 4) is 5.75 Å². The van der Waals surface area contributed by atoms with Crippen LogP contribution >= 0.6 is 0 Å². The van der Waals surface area contributed by atoms with Crippen molar-refractivity contribution in [2.24, 2.45) is 10.7 Å². The molecule has 0 radical (unpaired) electrons. The fourth-order valence-electron chi connectivity index (χ4n) is 1.56. The van der Waals surface area contributed by atoms with Gasteiger partial charge in [-0.05, 0) is 25.1 Å². The molecule has 1 aromatic rings. The number of nitrogens with two attached hydrogens (primary N) is 1. The Hall–Kier alpha value is -1.55. The lowest BCUT2D eigenvalue weighted by molar-refractivity contribution is 0.216. The Morgan fingerprint density at radius 3 is 3.00 bits per heavy atom. The molecular formula is C11H14N2O2. The zero-order valence-corrected chi connectivity index (χ0v) is 8.39. The van der Waals surface area contributed by atoms with E-state index in [-0.39, 0.29) is 11.9 Å². The number of phenols is 1. The number of nitrogens with zero attached hydrogens (tertiary/aromatic N) is 1. The Bertz CT molecular complexity index is 377. The van der Waals surface area contributed by atoms with Crippen molar-refractivity contribution in [2.75, 3.05) is 13.1 Å². The predicted octanol–water partition coefficient (Wildman–Crippen LogP) is 0.886. The van der Waals surface area contributed by atoms with Gasteiger partial charge in [0.2, 0.25) is 5.90 Å². The summed E-state index contributed by atoms with van der Waals surface area (Å²) in [4.78, 5) is 4.25. The van der Waals surface area contributed by atoms with Crippen LogP contribution in [0.1, 0.15) is 12.0 Å². The largest absolute Gasteiger partial charge is 0.507 e. The van der Waals surface area contributed by atoms with Crippen molar-refractivity contribution in [1.29, 1.82) is 0 Å². The minimum absolute atomic E-state index is 0.0598. The van der Waals surface area contributed by atoms with Crippen molar-refractivity contribution in [3.63, 3.8) is 0 Å². The van der Waals surface area contributed by atoms with Crippen LogP contribution in [-0.4, -0.2) is 30.2 Å². The highest BCUT2D eigenvalue weighted by Gasteiger charge is 2.21. The first-order chi connectivity index (χ1) is 7.31. The molecule has 2 rings (SSSR count). The van der Waals surface area contributed by atoms with Gasteiger partial charge in [0.15, 0.2) is 0 Å². The summed E-state index contributed by atoms with van der Waals surface area (Å²) in [6, 6.07) is 7.03. The lowest BCUT2D eigenvalue weighted by Crippen LogP contribution is -2.18. The fourth-order valence-corrected chi connectivity index (χ4v) is 1.56. The molecule has 80 valence electrons. The van der Waals surface area contributed by atoms with E-state index in [1.54, 1.807) is 18.2 Å². The molecule has 1 atom stereocenters. The van der Waals surface area contributed by atoms with Crippen LogP contribution in [0.2, 0.25) is 0 Å². The number of phenolic OH excluding ortho intramolecular Hbond substituents is 1. The molecule has 0 aliphatic carbocycles. The van der Waals surface area contributed by atoms with Gasteiger partial charge in [-0.1, -0.05) is 12.1 Å². The molecule has 1 aliphatic rings. The zero-order valence-electron chi connectivity index (χ0n) is 8.39. The Labute approximate surface area is 88.4 Å². The van der Waals surface area contributed by atoms with Crippen LogP contribution < -0.4 is 5.73 Å². The maximum atomic E-state index is 9.60. The number of hydrogen-bond donors (Lipinski definition) is 2. The second-order valence-corrected chi connectivity index (χ2v) is 3.48. The quantitative estimate of drug-likeness (QED) is 0.771. The van der Waals surface area contributed by atoms with Crippen molar-refractivity contribution in [2.45, 2.75) is 12.5 Å². The van der Waals surface area contributed by atoms with Gasteiger partial charge in [-0.2, -0.15) is 0 Å². The SMILES string of the molecule is NCCC1CN=C(c2ccccc2O)O1. The summed E-state index contributed by atoms with van der Waals surface area (Å²) >= 11 is 0. The molecule has 0 bridgehead atoms. The number of aliphatic imine (C=N–C) groups is 1. The van der Waals surface area contributed by atoms with Crippen LogP contribution in [0.5, 0.6) is 5.75 Å². The molecule has 1 heterocycles. The second-order valence-electron chi connectivity index (χ2n) is 3.48. The van der Waals surface area contributed by atoms with Gasteiger partial charge >= 0.3 is 0 Å². The Morgan fingerprint density at radius 2 is 2.27 bits per heavy atom. The minimum Gasteiger partial charge on any atom is -0.507 e. The first-order valence-electron chi connectivity index (χ1n) is 5.01. The third-order valence-electron chi connectivity index (χ3n) is 2.34. The lowest BCUT2D eigenvalue weighted by Gasteiger charge is -2.10. The maximum absolute atomic E-state index is 9.60. The molecule has 4 heteroatoms. The number of ether oxygens (including phenoxy) is 1. The van der Waals surface area contributed by atoms with Crippen molar-refractivity contribution < 1.29 is 9.84 Å². The van der Waals surface area contributed by atoms with Gasteiger partial charge in [0.05, 0.1) is 12.1 Å². The Morgan fingerprint density at radius 1 is 1.47 bits per heavy atom. The molecule has 0 saturated carbocycles. The van der Waals surface area contributed by atoms with Crippen LogP contribution in [0.4, 0.5) is 0 Å². The Balaban J connectivity index is 2.11. The van der Waals surface area contributed by atoms with E-state index in [2.05, 4.69) is 4.99 Å². The van der Waals surface area contributed by atoms with Crippen LogP contribution in [0.15, 0.2) is 29.3 Å². The monoisotopic (exact) mass is 206 g/mol. The summed E-state index contributed by atoms with van der Waals surface area (Å²) in [7, 11) is 0. The van der Waals surface area contributed by atoms with E-state index >= 15 is 0 Å². The highest BCUT2D eigenvalue weighted by molar-refractivity contribution is 5.97. The highest BCUT2D eigenvalue weighted by Crippen LogP contribution is 2.21. The van der Waals surface area contributed by atoms with E-state index in [9.17, 15) is 5.11 Å². The topological polar surface area (TPSA) is 67.8 Å². The summed E-state index contributed by atoms with van der Waals surface area (Å²) in [5, 5.41) is 9.60.